The molecule has 0 bridgehead atoms. The number of fused-ring (bicyclic) bond motifs is 1. The summed E-state index contributed by atoms with van der Waals surface area (Å²) in [4.78, 5) is 0. The van der Waals surface area contributed by atoms with E-state index < -0.39 is 67.7 Å². The van der Waals surface area contributed by atoms with Crippen LogP contribution >= 0.6 is 0 Å². The molecule has 6 aromatic rings. The second-order valence-electron chi connectivity index (χ2n) is 16.4. The van der Waals surface area contributed by atoms with Crippen LogP contribution in [0.3, 0.4) is 0 Å². The quantitative estimate of drug-likeness (QED) is 0.0846. The minimum absolute atomic E-state index is 0.0437. The molecule has 0 aromatic heterocycles. The van der Waals surface area contributed by atoms with Gasteiger partial charge in [-0.1, -0.05) is 182 Å². The molecule has 0 radical (unpaired) electrons. The zero-order valence-electron chi connectivity index (χ0n) is 36.2. The summed E-state index contributed by atoms with van der Waals surface area (Å²) in [5.74, 6) is 0. The van der Waals surface area contributed by atoms with E-state index in [4.69, 9.17) is 47.4 Å². The Balaban J connectivity index is 1.05. The van der Waals surface area contributed by atoms with Gasteiger partial charge in [-0.15, -0.1) is 0 Å². The molecule has 1 N–H and O–H groups in total. The molecule has 65 heavy (non-hydrogen) atoms. The van der Waals surface area contributed by atoms with Crippen molar-refractivity contribution in [2.24, 2.45) is 0 Å². The number of benzene rings is 6. The molecule has 0 unspecified atom stereocenters. The highest BCUT2D eigenvalue weighted by atomic mass is 16.8. The van der Waals surface area contributed by atoms with Gasteiger partial charge in [-0.3, -0.25) is 0 Å². The fraction of sp³-hybridized carbons (Fsp3) is 0.333. The van der Waals surface area contributed by atoms with Gasteiger partial charge in [0.25, 0.3) is 0 Å². The van der Waals surface area contributed by atoms with Gasteiger partial charge in [-0.25, -0.2) is 0 Å². The van der Waals surface area contributed by atoms with Crippen LogP contribution in [0.2, 0.25) is 0 Å². The van der Waals surface area contributed by atoms with Crippen molar-refractivity contribution in [3.63, 3.8) is 0 Å². The summed E-state index contributed by atoms with van der Waals surface area (Å²) >= 11 is 0. The highest BCUT2D eigenvalue weighted by Crippen LogP contribution is 2.39. The molecule has 3 saturated heterocycles. The van der Waals surface area contributed by atoms with Crippen LogP contribution in [0.5, 0.6) is 0 Å². The van der Waals surface area contributed by atoms with Gasteiger partial charge in [0.15, 0.2) is 18.9 Å². The molecule has 3 aliphatic heterocycles. The maximum Gasteiger partial charge on any atom is 0.190 e. The molecule has 6 aromatic carbocycles. The minimum Gasteiger partial charge on any atom is -0.387 e. The van der Waals surface area contributed by atoms with Gasteiger partial charge in [0, 0.05) is 5.56 Å². The Bertz CT molecular complexity index is 2250. The number of aliphatic hydroxyl groups is 1. The minimum atomic E-state index is -1.16. The molecule has 3 heterocycles. The van der Waals surface area contributed by atoms with E-state index in [2.05, 4.69) is 0 Å². The maximum absolute atomic E-state index is 12.2. The molecule has 0 aliphatic carbocycles. The summed E-state index contributed by atoms with van der Waals surface area (Å²) in [6.45, 7) is 1.45. The molecular formula is C54H56O11. The first-order chi connectivity index (χ1) is 32.1. The second kappa shape index (κ2) is 22.9. The van der Waals surface area contributed by atoms with E-state index in [9.17, 15) is 5.11 Å². The summed E-state index contributed by atoms with van der Waals surface area (Å²) in [6, 6.07) is 59.2. The fourth-order valence-corrected chi connectivity index (χ4v) is 8.37. The van der Waals surface area contributed by atoms with Crippen molar-refractivity contribution >= 4 is 0 Å². The molecule has 11 nitrogen and oxygen atoms in total. The van der Waals surface area contributed by atoms with Gasteiger partial charge in [-0.05, 0) is 27.8 Å². The van der Waals surface area contributed by atoms with Crippen LogP contribution in [0.4, 0.5) is 0 Å². The average Bonchev–Trinajstić information content (AvgIpc) is 3.37. The smallest absolute Gasteiger partial charge is 0.190 e. The van der Waals surface area contributed by atoms with Gasteiger partial charge < -0.3 is 52.5 Å². The first kappa shape index (κ1) is 45.1. The molecule has 0 spiro atoms. The van der Waals surface area contributed by atoms with Crippen LogP contribution in [-0.4, -0.2) is 79.7 Å². The van der Waals surface area contributed by atoms with Gasteiger partial charge >= 0.3 is 0 Å². The lowest BCUT2D eigenvalue weighted by atomic mass is 9.96. The van der Waals surface area contributed by atoms with Gasteiger partial charge in [0.2, 0.25) is 0 Å². The lowest BCUT2D eigenvalue weighted by molar-refractivity contribution is -0.410. The average molecular weight is 881 g/mol. The Morgan fingerprint density at radius 3 is 1.32 bits per heavy atom. The normalized spacial score (nSPS) is 27.7. The largest absolute Gasteiger partial charge is 0.387 e. The predicted octanol–water partition coefficient (Wildman–Crippen LogP) is 8.49. The zero-order valence-corrected chi connectivity index (χ0v) is 36.2. The van der Waals surface area contributed by atoms with Crippen LogP contribution < -0.4 is 0 Å². The Morgan fingerprint density at radius 1 is 0.431 bits per heavy atom. The number of ether oxygens (including phenoxy) is 10. The van der Waals surface area contributed by atoms with Gasteiger partial charge in [-0.2, -0.15) is 0 Å². The summed E-state index contributed by atoms with van der Waals surface area (Å²) in [5.41, 5.74) is 5.66. The van der Waals surface area contributed by atoms with Crippen molar-refractivity contribution in [2.45, 2.75) is 101 Å². The van der Waals surface area contributed by atoms with Crippen molar-refractivity contribution in [3.05, 3.63) is 215 Å². The van der Waals surface area contributed by atoms with Crippen molar-refractivity contribution in [1.82, 2.24) is 0 Å². The van der Waals surface area contributed by atoms with Crippen molar-refractivity contribution in [3.8, 4) is 0 Å². The highest BCUT2D eigenvalue weighted by molar-refractivity contribution is 5.19. The third kappa shape index (κ3) is 12.0. The maximum atomic E-state index is 12.2. The Hall–Kier alpha value is -5.12. The van der Waals surface area contributed by atoms with Crippen molar-refractivity contribution in [2.75, 3.05) is 13.2 Å². The Morgan fingerprint density at radius 2 is 0.831 bits per heavy atom. The van der Waals surface area contributed by atoms with E-state index >= 15 is 0 Å². The molecule has 3 fully saturated rings. The van der Waals surface area contributed by atoms with E-state index in [-0.39, 0.29) is 39.6 Å². The molecule has 11 atom stereocenters. The first-order valence-electron chi connectivity index (χ1n) is 22.3. The summed E-state index contributed by atoms with van der Waals surface area (Å²) in [6.07, 6.45) is -9.57. The van der Waals surface area contributed by atoms with Gasteiger partial charge in [0.05, 0.1) is 46.2 Å². The van der Waals surface area contributed by atoms with Crippen LogP contribution in [0.25, 0.3) is 0 Å². The second-order valence-corrected chi connectivity index (χ2v) is 16.4. The SMILES string of the molecule is O[C@H]1[C@H](OCc2ccccc2)[C@@H](OCc2ccccc2)[C@@H](O[C@H]2O[C@@H]3CO[C@@H](c4ccccc4)O[C@H]3[C@H](OCc3ccccc3)[C@H]2OCc2ccccc2)O[C@@H]1COCc1ccccc1. The third-order valence-electron chi connectivity index (χ3n) is 11.8. The van der Waals surface area contributed by atoms with E-state index in [1.807, 2.05) is 182 Å². The molecule has 3 aliphatic rings. The number of hydrogen-bond donors (Lipinski definition) is 1. The van der Waals surface area contributed by atoms with E-state index in [1.54, 1.807) is 0 Å². The van der Waals surface area contributed by atoms with E-state index in [0.29, 0.717) is 6.61 Å². The van der Waals surface area contributed by atoms with E-state index in [0.717, 1.165) is 33.4 Å². The zero-order chi connectivity index (χ0) is 44.0. The summed E-state index contributed by atoms with van der Waals surface area (Å²) in [7, 11) is 0. The Kier molecular flexibility index (Phi) is 15.8. The monoisotopic (exact) mass is 880 g/mol. The third-order valence-corrected chi connectivity index (χ3v) is 11.8. The standard InChI is InChI=1S/C54H56O11/c55-46-44(36-56-31-38-19-7-1-8-20-38)62-53(50(59-34-41-25-13-4-14-26-41)48(46)57-32-39-21-9-2-10-22-39)65-54-51(60-35-42-27-15-5-16-28-42)49(58-33-40-23-11-3-12-24-40)47-45(63-54)37-61-52(64-47)43-29-17-6-18-30-43/h1-30,44-55H,31-37H2/t44-,45-,46-,47-,48+,49+,50-,51-,52-,53-,54-/m1/s1. The number of hydrogen-bond acceptors (Lipinski definition) is 11. The molecular weight excluding hydrogens is 825 g/mol. The predicted molar refractivity (Wildman–Crippen MR) is 241 cm³/mol. The lowest BCUT2D eigenvalue weighted by Gasteiger charge is -2.51. The van der Waals surface area contributed by atoms with Gasteiger partial charge in [0.1, 0.15) is 48.8 Å². The number of rotatable bonds is 19. The van der Waals surface area contributed by atoms with Crippen LogP contribution in [0, 0.1) is 0 Å². The summed E-state index contributed by atoms with van der Waals surface area (Å²) in [5, 5.41) is 12.2. The lowest BCUT2D eigenvalue weighted by Crippen LogP contribution is -2.66. The first-order valence-corrected chi connectivity index (χ1v) is 22.3. The van der Waals surface area contributed by atoms with Crippen molar-refractivity contribution < 1.29 is 52.5 Å². The molecule has 0 amide bonds. The fourth-order valence-electron chi connectivity index (χ4n) is 8.37. The van der Waals surface area contributed by atoms with E-state index in [1.165, 1.54) is 0 Å². The Labute approximate surface area is 380 Å². The molecule has 0 saturated carbocycles. The van der Waals surface area contributed by atoms with Crippen LogP contribution in [0.1, 0.15) is 39.7 Å². The molecule has 338 valence electrons. The highest BCUT2D eigenvalue weighted by Gasteiger charge is 2.55. The van der Waals surface area contributed by atoms with Crippen LogP contribution in [-0.2, 0) is 80.4 Å². The van der Waals surface area contributed by atoms with Crippen molar-refractivity contribution in [1.29, 1.82) is 0 Å². The molecule has 9 rings (SSSR count). The number of aliphatic hydroxyl groups excluding tert-OH is 1. The van der Waals surface area contributed by atoms with Crippen LogP contribution in [0.15, 0.2) is 182 Å². The summed E-state index contributed by atoms with van der Waals surface area (Å²) < 4.78 is 67.2. The molecule has 11 heteroatoms. The topological polar surface area (TPSA) is 113 Å².